The molecule has 5 heteroatoms. The molecule has 1 aromatic rings. The Morgan fingerprint density at radius 3 is 2.53 bits per heavy atom. The maximum Gasteiger partial charge on any atom is 0.335 e. The second kappa shape index (κ2) is 7.20. The van der Waals surface area contributed by atoms with Gasteiger partial charge in [0.2, 0.25) is 0 Å². The fourth-order valence-corrected chi connectivity index (χ4v) is 1.51. The molecule has 0 bridgehead atoms. The number of aromatic carboxylic acids is 1. The average molecular weight is 262 g/mol. The molecule has 0 fully saturated rings. The van der Waals surface area contributed by atoms with E-state index in [1.54, 1.807) is 30.2 Å². The lowest BCUT2D eigenvalue weighted by Gasteiger charge is -2.17. The van der Waals surface area contributed by atoms with E-state index in [2.05, 4.69) is 11.9 Å². The highest BCUT2D eigenvalue weighted by molar-refractivity contribution is 5.87. The van der Waals surface area contributed by atoms with Crippen LogP contribution >= 0.6 is 0 Å². The molecule has 0 saturated carbocycles. The van der Waals surface area contributed by atoms with E-state index in [1.807, 2.05) is 0 Å². The van der Waals surface area contributed by atoms with Crippen LogP contribution in [0.1, 0.15) is 22.3 Å². The van der Waals surface area contributed by atoms with Crippen molar-refractivity contribution in [1.29, 1.82) is 0 Å². The van der Waals surface area contributed by atoms with Gasteiger partial charge in [-0.25, -0.2) is 9.59 Å². The van der Waals surface area contributed by atoms with Crippen LogP contribution in [0.15, 0.2) is 36.9 Å². The minimum atomic E-state index is -0.956. The van der Waals surface area contributed by atoms with Gasteiger partial charge in [0.05, 0.1) is 5.56 Å². The van der Waals surface area contributed by atoms with E-state index in [1.165, 1.54) is 12.1 Å². The first-order valence-electron chi connectivity index (χ1n) is 5.96. The van der Waals surface area contributed by atoms with Crippen molar-refractivity contribution in [3.63, 3.8) is 0 Å². The molecule has 0 heterocycles. The Kier molecular flexibility index (Phi) is 5.60. The van der Waals surface area contributed by atoms with Crippen molar-refractivity contribution in [3.05, 3.63) is 48.0 Å². The standard InChI is InChI=1S/C14H18N2O3/c1-3-4-9-15-14(19)16(2)10-11-5-7-12(8-6-11)13(17)18/h3,5-8H,1,4,9-10H2,2H3,(H,15,19)(H,17,18). The fraction of sp³-hybridized carbons (Fsp3) is 0.286. The summed E-state index contributed by atoms with van der Waals surface area (Å²) in [7, 11) is 1.69. The molecule has 0 aliphatic heterocycles. The summed E-state index contributed by atoms with van der Waals surface area (Å²) in [5.74, 6) is -0.956. The Hall–Kier alpha value is -2.30. The maximum atomic E-state index is 11.7. The Morgan fingerprint density at radius 2 is 2.00 bits per heavy atom. The SMILES string of the molecule is C=CCCNC(=O)N(C)Cc1ccc(C(=O)O)cc1. The molecule has 0 aliphatic rings. The van der Waals surface area contributed by atoms with Gasteiger partial charge in [-0.15, -0.1) is 6.58 Å². The first-order valence-corrected chi connectivity index (χ1v) is 5.96. The maximum absolute atomic E-state index is 11.7. The minimum Gasteiger partial charge on any atom is -0.478 e. The first kappa shape index (κ1) is 14.8. The van der Waals surface area contributed by atoms with Gasteiger partial charge in [0, 0.05) is 20.1 Å². The molecule has 0 aliphatic carbocycles. The predicted molar refractivity (Wildman–Crippen MR) is 73.1 cm³/mol. The molecule has 19 heavy (non-hydrogen) atoms. The molecule has 1 aromatic carbocycles. The molecule has 0 atom stereocenters. The van der Waals surface area contributed by atoms with Crippen LogP contribution in [0.5, 0.6) is 0 Å². The number of urea groups is 1. The van der Waals surface area contributed by atoms with Gasteiger partial charge in [-0.2, -0.15) is 0 Å². The summed E-state index contributed by atoms with van der Waals surface area (Å²) >= 11 is 0. The lowest BCUT2D eigenvalue weighted by Crippen LogP contribution is -2.37. The molecule has 0 saturated heterocycles. The van der Waals surface area contributed by atoms with E-state index >= 15 is 0 Å². The smallest absolute Gasteiger partial charge is 0.335 e. The highest BCUT2D eigenvalue weighted by atomic mass is 16.4. The second-order valence-electron chi connectivity index (χ2n) is 4.17. The summed E-state index contributed by atoms with van der Waals surface area (Å²) in [6.07, 6.45) is 2.47. The van der Waals surface area contributed by atoms with Gasteiger partial charge in [-0.1, -0.05) is 18.2 Å². The van der Waals surface area contributed by atoms with Gasteiger partial charge in [0.1, 0.15) is 0 Å². The molecule has 102 valence electrons. The highest BCUT2D eigenvalue weighted by Gasteiger charge is 2.08. The van der Waals surface area contributed by atoms with Crippen molar-refractivity contribution in [1.82, 2.24) is 10.2 Å². The Labute approximate surface area is 112 Å². The number of carbonyl (C=O) groups excluding carboxylic acids is 1. The quantitative estimate of drug-likeness (QED) is 0.609. The number of carboxylic acid groups (broad SMARTS) is 1. The first-order chi connectivity index (χ1) is 9.04. The number of carbonyl (C=O) groups is 2. The summed E-state index contributed by atoms with van der Waals surface area (Å²) < 4.78 is 0. The van der Waals surface area contributed by atoms with Crippen LogP contribution in [0.25, 0.3) is 0 Å². The number of nitrogens with zero attached hydrogens (tertiary/aromatic N) is 1. The lowest BCUT2D eigenvalue weighted by molar-refractivity contribution is 0.0697. The van der Waals surface area contributed by atoms with Gasteiger partial charge >= 0.3 is 12.0 Å². The van der Waals surface area contributed by atoms with Crippen molar-refractivity contribution in [2.75, 3.05) is 13.6 Å². The van der Waals surface area contributed by atoms with Crippen LogP contribution in [0, 0.1) is 0 Å². The number of benzene rings is 1. The summed E-state index contributed by atoms with van der Waals surface area (Å²) in [4.78, 5) is 23.9. The normalized spacial score (nSPS) is 9.74. The van der Waals surface area contributed by atoms with Crippen LogP contribution in [0.3, 0.4) is 0 Å². The second-order valence-corrected chi connectivity index (χ2v) is 4.17. The monoisotopic (exact) mass is 262 g/mol. The minimum absolute atomic E-state index is 0.163. The van der Waals surface area contributed by atoms with Crippen molar-refractivity contribution in [2.24, 2.45) is 0 Å². The molecule has 0 unspecified atom stereocenters. The van der Waals surface area contributed by atoms with Crippen LogP contribution in [0.2, 0.25) is 0 Å². The van der Waals surface area contributed by atoms with Crippen molar-refractivity contribution in [3.8, 4) is 0 Å². The molecule has 2 N–H and O–H groups in total. The van der Waals surface area contributed by atoms with E-state index in [9.17, 15) is 9.59 Å². The zero-order valence-corrected chi connectivity index (χ0v) is 10.9. The van der Waals surface area contributed by atoms with Crippen molar-refractivity contribution >= 4 is 12.0 Å². The molecule has 5 nitrogen and oxygen atoms in total. The van der Waals surface area contributed by atoms with Crippen LogP contribution in [-0.2, 0) is 6.54 Å². The zero-order chi connectivity index (χ0) is 14.3. The Morgan fingerprint density at radius 1 is 1.37 bits per heavy atom. The van der Waals surface area contributed by atoms with E-state index in [4.69, 9.17) is 5.11 Å². The van der Waals surface area contributed by atoms with E-state index < -0.39 is 5.97 Å². The number of rotatable bonds is 6. The van der Waals surface area contributed by atoms with Gasteiger partial charge < -0.3 is 15.3 Å². The summed E-state index contributed by atoms with van der Waals surface area (Å²) in [6.45, 7) is 4.57. The third-order valence-electron chi connectivity index (χ3n) is 2.59. The van der Waals surface area contributed by atoms with Crippen molar-refractivity contribution in [2.45, 2.75) is 13.0 Å². The van der Waals surface area contributed by atoms with Gasteiger partial charge in [0.25, 0.3) is 0 Å². The van der Waals surface area contributed by atoms with Gasteiger partial charge in [-0.3, -0.25) is 0 Å². The largest absolute Gasteiger partial charge is 0.478 e. The summed E-state index contributed by atoms with van der Waals surface area (Å²) in [6, 6.07) is 6.31. The summed E-state index contributed by atoms with van der Waals surface area (Å²) in [5, 5.41) is 11.5. The number of hydrogen-bond donors (Lipinski definition) is 2. The predicted octanol–water partition coefficient (Wildman–Crippen LogP) is 2.10. The molecular formula is C14H18N2O3. The van der Waals surface area contributed by atoms with Crippen molar-refractivity contribution < 1.29 is 14.7 Å². The molecule has 0 spiro atoms. The third-order valence-corrected chi connectivity index (χ3v) is 2.59. The molecule has 1 rings (SSSR count). The molecule has 2 amide bonds. The van der Waals surface area contributed by atoms with Gasteiger partial charge in [-0.05, 0) is 24.1 Å². The summed E-state index contributed by atoms with van der Waals surface area (Å²) in [5.41, 5.74) is 1.12. The van der Waals surface area contributed by atoms with Crippen LogP contribution in [0.4, 0.5) is 4.79 Å². The van der Waals surface area contributed by atoms with E-state index in [0.29, 0.717) is 13.1 Å². The fourth-order valence-electron chi connectivity index (χ4n) is 1.51. The zero-order valence-electron chi connectivity index (χ0n) is 10.9. The number of hydrogen-bond acceptors (Lipinski definition) is 2. The topological polar surface area (TPSA) is 69.6 Å². The number of nitrogens with one attached hydrogen (secondary N) is 1. The Bertz CT molecular complexity index is 454. The van der Waals surface area contributed by atoms with Gasteiger partial charge in [0.15, 0.2) is 0 Å². The average Bonchev–Trinajstić information content (AvgIpc) is 2.39. The van der Waals surface area contributed by atoms with E-state index in [0.717, 1.165) is 12.0 Å². The Balaban J connectivity index is 2.51. The molecule has 0 aromatic heterocycles. The van der Waals surface area contributed by atoms with Crippen LogP contribution in [-0.4, -0.2) is 35.6 Å². The lowest BCUT2D eigenvalue weighted by atomic mass is 10.1. The van der Waals surface area contributed by atoms with Crippen LogP contribution < -0.4 is 5.32 Å². The highest BCUT2D eigenvalue weighted by Crippen LogP contribution is 2.07. The molecule has 0 radical (unpaired) electrons. The number of carboxylic acids is 1. The molecular weight excluding hydrogens is 244 g/mol. The third kappa shape index (κ3) is 4.83. The number of amides is 2. The van der Waals surface area contributed by atoms with E-state index in [-0.39, 0.29) is 11.6 Å².